The second-order valence-electron chi connectivity index (χ2n) is 13.0. The molecule has 0 unspecified atom stereocenters. The number of allylic oxidation sites excluding steroid dienone is 1. The van der Waals surface area contributed by atoms with E-state index in [2.05, 4.69) is 27.8 Å². The molecular formula is C34H40ClN3O5S. The van der Waals surface area contributed by atoms with Crippen molar-refractivity contribution in [2.45, 2.75) is 68.6 Å². The zero-order valence-electron chi connectivity index (χ0n) is 25.3. The van der Waals surface area contributed by atoms with Gasteiger partial charge in [-0.05, 0) is 105 Å². The van der Waals surface area contributed by atoms with Crippen molar-refractivity contribution in [2.75, 3.05) is 31.7 Å². The fourth-order valence-electron chi connectivity index (χ4n) is 7.64. The number of anilines is 1. The van der Waals surface area contributed by atoms with Gasteiger partial charge in [0.25, 0.3) is 5.91 Å². The van der Waals surface area contributed by atoms with Crippen molar-refractivity contribution < 1.29 is 22.7 Å². The van der Waals surface area contributed by atoms with Gasteiger partial charge in [-0.25, -0.2) is 13.1 Å². The van der Waals surface area contributed by atoms with Crippen molar-refractivity contribution in [3.05, 3.63) is 70.3 Å². The molecule has 44 heavy (non-hydrogen) atoms. The molecule has 4 aliphatic rings. The molecule has 0 radical (unpaired) electrons. The van der Waals surface area contributed by atoms with E-state index in [4.69, 9.17) is 21.1 Å². The minimum Gasteiger partial charge on any atom is -0.490 e. The number of sulfonamides is 1. The maximum Gasteiger partial charge on any atom is 0.264 e. The molecule has 6 rings (SSSR count). The number of hydrogen-bond acceptors (Lipinski definition) is 7. The number of amides is 1. The molecule has 2 aromatic carbocycles. The predicted molar refractivity (Wildman–Crippen MR) is 171 cm³/mol. The number of nitrogens with one attached hydrogen (secondary N) is 1. The number of rotatable bonds is 2. The average molecular weight is 638 g/mol. The monoisotopic (exact) mass is 637 g/mol. The van der Waals surface area contributed by atoms with Gasteiger partial charge in [-0.2, -0.15) is 5.26 Å². The first-order valence-electron chi connectivity index (χ1n) is 15.6. The zero-order chi connectivity index (χ0) is 31.1. The van der Waals surface area contributed by atoms with Crippen LogP contribution in [0.4, 0.5) is 5.69 Å². The largest absolute Gasteiger partial charge is 0.490 e. The van der Waals surface area contributed by atoms with Crippen LogP contribution in [-0.2, 0) is 26.6 Å². The number of methoxy groups -OCH3 is 1. The lowest BCUT2D eigenvalue weighted by Gasteiger charge is -2.46. The van der Waals surface area contributed by atoms with E-state index in [1.54, 1.807) is 32.2 Å². The Balaban J connectivity index is 1.43. The van der Waals surface area contributed by atoms with Crippen molar-refractivity contribution in [1.29, 1.82) is 5.26 Å². The SMILES string of the molecule is CO[C@H]1/C=C\[C@H](CC#N)C[C@@H](C)S(=O)(=O)NC(=O)c2ccc3c(c2)N(C[C@@H]2CC[C@H]21)C[C@@]1(CCCc2cc(Cl)ccc21)CO3. The highest BCUT2D eigenvalue weighted by Crippen LogP contribution is 2.47. The summed E-state index contributed by atoms with van der Waals surface area (Å²) in [6, 6.07) is 13.6. The molecule has 0 saturated heterocycles. The molecule has 8 nitrogen and oxygen atoms in total. The first-order chi connectivity index (χ1) is 21.1. The third kappa shape index (κ3) is 5.96. The molecule has 1 fully saturated rings. The molecule has 2 aliphatic carbocycles. The Labute approximate surface area is 265 Å². The summed E-state index contributed by atoms with van der Waals surface area (Å²) in [4.78, 5) is 15.8. The molecule has 234 valence electrons. The van der Waals surface area contributed by atoms with Crippen LogP contribution in [0.3, 0.4) is 0 Å². The van der Waals surface area contributed by atoms with Gasteiger partial charge in [-0.15, -0.1) is 0 Å². The van der Waals surface area contributed by atoms with Gasteiger partial charge in [-0.1, -0.05) is 29.8 Å². The quantitative estimate of drug-likeness (QED) is 0.415. The van der Waals surface area contributed by atoms with Crippen LogP contribution >= 0.6 is 11.6 Å². The molecule has 1 N–H and O–H groups in total. The number of nitriles is 1. The van der Waals surface area contributed by atoms with Crippen LogP contribution in [0, 0.1) is 29.1 Å². The lowest BCUT2D eigenvalue weighted by Crippen LogP contribution is -2.49. The van der Waals surface area contributed by atoms with Crippen LogP contribution in [0.2, 0.25) is 5.02 Å². The smallest absolute Gasteiger partial charge is 0.264 e. The lowest BCUT2D eigenvalue weighted by atomic mass is 9.68. The van der Waals surface area contributed by atoms with Crippen LogP contribution in [0.25, 0.3) is 0 Å². The van der Waals surface area contributed by atoms with E-state index in [1.165, 1.54) is 11.1 Å². The predicted octanol–water partition coefficient (Wildman–Crippen LogP) is 5.79. The van der Waals surface area contributed by atoms with Gasteiger partial charge in [0.15, 0.2) is 0 Å². The summed E-state index contributed by atoms with van der Waals surface area (Å²) in [7, 11) is -2.28. The van der Waals surface area contributed by atoms with Gasteiger partial charge in [0.2, 0.25) is 10.0 Å². The van der Waals surface area contributed by atoms with Gasteiger partial charge < -0.3 is 14.4 Å². The van der Waals surface area contributed by atoms with E-state index in [0.29, 0.717) is 24.8 Å². The highest BCUT2D eigenvalue weighted by atomic mass is 35.5. The highest BCUT2D eigenvalue weighted by molar-refractivity contribution is 7.90. The van der Waals surface area contributed by atoms with Crippen LogP contribution in [-0.4, -0.2) is 52.5 Å². The minimum atomic E-state index is -4.00. The number of ether oxygens (including phenoxy) is 2. The molecule has 1 amide bonds. The maximum atomic E-state index is 13.4. The first kappa shape index (κ1) is 30.9. The van der Waals surface area contributed by atoms with Crippen molar-refractivity contribution in [1.82, 2.24) is 4.72 Å². The second kappa shape index (κ2) is 12.4. The molecule has 2 aliphatic heterocycles. The number of fused-ring (bicyclic) bond motifs is 4. The van der Waals surface area contributed by atoms with E-state index in [9.17, 15) is 18.5 Å². The lowest BCUT2D eigenvalue weighted by molar-refractivity contribution is 0.0130. The van der Waals surface area contributed by atoms with Crippen molar-refractivity contribution in [2.24, 2.45) is 17.8 Å². The summed E-state index contributed by atoms with van der Waals surface area (Å²) in [6.45, 7) is 3.53. The molecule has 2 bridgehead atoms. The van der Waals surface area contributed by atoms with E-state index in [0.717, 1.165) is 49.4 Å². The summed E-state index contributed by atoms with van der Waals surface area (Å²) >= 11 is 6.41. The zero-order valence-corrected chi connectivity index (χ0v) is 26.9. The van der Waals surface area contributed by atoms with E-state index in [-0.39, 0.29) is 41.8 Å². The Morgan fingerprint density at radius 2 is 2.05 bits per heavy atom. The molecule has 2 heterocycles. The van der Waals surface area contributed by atoms with Gasteiger partial charge in [0.1, 0.15) is 5.75 Å². The van der Waals surface area contributed by atoms with Gasteiger partial charge in [-0.3, -0.25) is 4.79 Å². The highest BCUT2D eigenvalue weighted by Gasteiger charge is 2.44. The average Bonchev–Trinajstić information content (AvgIpc) is 3.13. The van der Waals surface area contributed by atoms with Crippen LogP contribution in [0.5, 0.6) is 5.75 Å². The Kier molecular flexibility index (Phi) is 8.71. The fraction of sp³-hybridized carbons (Fsp3) is 0.529. The number of carbonyl (C=O) groups excluding carboxylic acids is 1. The van der Waals surface area contributed by atoms with E-state index in [1.807, 2.05) is 18.2 Å². The molecule has 6 atom stereocenters. The van der Waals surface area contributed by atoms with Gasteiger partial charge >= 0.3 is 0 Å². The molecule has 2 aromatic rings. The molecular weight excluding hydrogens is 598 g/mol. The standard InChI is InChI=1S/C34H40ClN3O5S/c1-22-16-23(13-15-36)5-11-31(42-2)28-9-6-26(28)19-38-20-34(14-3-4-24-17-27(35)8-10-29(24)34)21-43-32-12-7-25(18-30(32)38)33(39)37-44(22,40)41/h5,7-8,10-12,17-18,22-23,26,28,31H,3-4,6,9,13-14,16,19-21H2,1-2H3,(H,37,39)/b11-5-/t22-,23-,26+,28-,31+,34+/m1/s1. The van der Waals surface area contributed by atoms with Crippen molar-refractivity contribution in [3.8, 4) is 11.8 Å². The Bertz CT molecular complexity index is 1600. The van der Waals surface area contributed by atoms with Gasteiger partial charge in [0, 0.05) is 42.6 Å². The normalized spacial score (nSPS) is 32.1. The van der Waals surface area contributed by atoms with Gasteiger partial charge in [0.05, 0.1) is 29.7 Å². The van der Waals surface area contributed by atoms with Crippen LogP contribution in [0.1, 0.15) is 66.9 Å². The van der Waals surface area contributed by atoms with E-state index >= 15 is 0 Å². The molecule has 0 aromatic heterocycles. The van der Waals surface area contributed by atoms with Crippen molar-refractivity contribution in [3.63, 3.8) is 0 Å². The number of nitrogens with zero attached hydrogens (tertiary/aromatic N) is 2. The molecule has 1 spiro atoms. The Morgan fingerprint density at radius 3 is 2.80 bits per heavy atom. The number of hydrogen-bond donors (Lipinski definition) is 1. The summed E-state index contributed by atoms with van der Waals surface area (Å²) in [5.41, 5.74) is 3.32. The second-order valence-corrected chi connectivity index (χ2v) is 15.6. The number of carbonyl (C=O) groups is 1. The molecule has 10 heteroatoms. The number of benzene rings is 2. The minimum absolute atomic E-state index is 0.144. The number of aryl methyl sites for hydroxylation is 1. The Hall–Kier alpha value is -3.06. The summed E-state index contributed by atoms with van der Waals surface area (Å²) in [5, 5.41) is 9.31. The van der Waals surface area contributed by atoms with Crippen LogP contribution in [0.15, 0.2) is 48.6 Å². The van der Waals surface area contributed by atoms with Crippen LogP contribution < -0.4 is 14.4 Å². The fourth-order valence-corrected chi connectivity index (χ4v) is 8.92. The topological polar surface area (TPSA) is 109 Å². The summed E-state index contributed by atoms with van der Waals surface area (Å²) in [5.74, 6) is 0.367. The summed E-state index contributed by atoms with van der Waals surface area (Å²) < 4.78 is 41.4. The third-order valence-corrected chi connectivity index (χ3v) is 12.2. The maximum absolute atomic E-state index is 13.4. The Morgan fingerprint density at radius 1 is 1.20 bits per heavy atom. The first-order valence-corrected chi connectivity index (χ1v) is 17.5. The van der Waals surface area contributed by atoms with E-state index < -0.39 is 21.2 Å². The summed E-state index contributed by atoms with van der Waals surface area (Å²) in [6.07, 6.45) is 9.25. The van der Waals surface area contributed by atoms with Crippen molar-refractivity contribution >= 4 is 33.2 Å². The third-order valence-electron chi connectivity index (χ3n) is 10.3. The number of halogens is 1. The molecule has 1 saturated carbocycles.